The molecule has 0 spiro atoms. The van der Waals surface area contributed by atoms with Gasteiger partial charge in [-0.2, -0.15) is 0 Å². The molecule has 0 aromatic heterocycles. The van der Waals surface area contributed by atoms with Gasteiger partial charge in [0.15, 0.2) is 6.29 Å². The number of aliphatic hydroxyl groups is 1. The number of carboxylic acids is 1. The quantitative estimate of drug-likeness (QED) is 0.196. The van der Waals surface area contributed by atoms with Crippen LogP contribution in [0.25, 0.3) is 0 Å². The van der Waals surface area contributed by atoms with E-state index in [1.54, 1.807) is 36.0 Å². The Morgan fingerprint density at radius 1 is 0.975 bits per heavy atom. The number of rotatable bonds is 11. The number of aromatic carboxylic acids is 1. The van der Waals surface area contributed by atoms with Crippen molar-refractivity contribution in [3.63, 3.8) is 0 Å². The molecular weight excluding hydrogens is 530 g/mol. The molecule has 0 saturated carbocycles. The van der Waals surface area contributed by atoms with E-state index < -0.39 is 18.4 Å². The van der Waals surface area contributed by atoms with Gasteiger partial charge < -0.3 is 29.7 Å². The summed E-state index contributed by atoms with van der Waals surface area (Å²) in [5.74, 6) is -0.287. The molecule has 8 nitrogen and oxygen atoms in total. The number of carboxylic acid groups (broad SMARTS) is 1. The lowest BCUT2D eigenvalue weighted by molar-refractivity contribution is -0.268. The number of amides is 1. The molecule has 3 N–H and O–H groups in total. The van der Waals surface area contributed by atoms with Crippen molar-refractivity contribution in [2.45, 2.75) is 43.5 Å². The standard InChI is InChI=1S/C31H33NO7S/c1-3-16-37-31(36)32-17-21-4-10-25(11-5-21)30-38-27(19-40-26-14-12-24(13-15-26)29(34)35)20(2)28(39-30)23-8-6-22(18-33)7-9-23/h3-15,20,27-28,30,33H,1,16-19H2,2H3,(H,32,36)(H,34,35). The number of hydrogen-bond donors (Lipinski definition) is 3. The molecule has 4 rings (SSSR count). The molecule has 1 saturated heterocycles. The van der Waals surface area contributed by atoms with E-state index in [4.69, 9.17) is 14.2 Å². The second-order valence-corrected chi connectivity index (χ2v) is 10.5. The second-order valence-electron chi connectivity index (χ2n) is 9.44. The van der Waals surface area contributed by atoms with Crippen LogP contribution in [0, 0.1) is 5.92 Å². The summed E-state index contributed by atoms with van der Waals surface area (Å²) in [7, 11) is 0. The van der Waals surface area contributed by atoms with Gasteiger partial charge in [-0.1, -0.05) is 68.1 Å². The van der Waals surface area contributed by atoms with E-state index in [2.05, 4.69) is 18.8 Å². The predicted octanol–water partition coefficient (Wildman–Crippen LogP) is 5.87. The maximum absolute atomic E-state index is 11.7. The Hall–Kier alpha value is -3.63. The lowest BCUT2D eigenvalue weighted by atomic mass is 9.91. The fraction of sp³-hybridized carbons (Fsp3) is 0.290. The van der Waals surface area contributed by atoms with Gasteiger partial charge in [0.25, 0.3) is 0 Å². The molecule has 1 fully saturated rings. The molecule has 1 aliphatic heterocycles. The maximum atomic E-state index is 11.7. The minimum atomic E-state index is -0.953. The van der Waals surface area contributed by atoms with Crippen LogP contribution >= 0.6 is 11.8 Å². The smallest absolute Gasteiger partial charge is 0.407 e. The fourth-order valence-corrected chi connectivity index (χ4v) is 5.40. The highest BCUT2D eigenvalue weighted by atomic mass is 32.2. The zero-order valence-electron chi connectivity index (χ0n) is 22.2. The summed E-state index contributed by atoms with van der Waals surface area (Å²) in [6.45, 7) is 6.06. The van der Waals surface area contributed by atoms with Gasteiger partial charge in [0.2, 0.25) is 0 Å². The van der Waals surface area contributed by atoms with Crippen LogP contribution in [-0.4, -0.2) is 40.7 Å². The van der Waals surface area contributed by atoms with E-state index in [0.29, 0.717) is 12.3 Å². The van der Waals surface area contributed by atoms with E-state index in [9.17, 15) is 19.8 Å². The van der Waals surface area contributed by atoms with Crippen LogP contribution < -0.4 is 5.32 Å². The Bertz CT molecular complexity index is 1280. The Kier molecular flexibility index (Phi) is 10.4. The van der Waals surface area contributed by atoms with Crippen molar-refractivity contribution >= 4 is 23.8 Å². The molecule has 210 valence electrons. The molecule has 3 aromatic carbocycles. The van der Waals surface area contributed by atoms with Gasteiger partial charge in [0.1, 0.15) is 6.61 Å². The third-order valence-electron chi connectivity index (χ3n) is 6.66. The minimum absolute atomic E-state index is 0.0204. The van der Waals surface area contributed by atoms with Crippen molar-refractivity contribution in [1.82, 2.24) is 5.32 Å². The summed E-state index contributed by atoms with van der Waals surface area (Å²) in [4.78, 5) is 23.9. The van der Waals surface area contributed by atoms with Crippen LogP contribution in [0.2, 0.25) is 0 Å². The normalized spacial score (nSPS) is 20.4. The predicted molar refractivity (Wildman–Crippen MR) is 152 cm³/mol. The summed E-state index contributed by atoms with van der Waals surface area (Å²) in [5, 5.41) is 21.3. The molecule has 0 bridgehead atoms. The number of ether oxygens (including phenoxy) is 3. The van der Waals surface area contributed by atoms with E-state index >= 15 is 0 Å². The highest BCUT2D eigenvalue weighted by Crippen LogP contribution is 2.43. The van der Waals surface area contributed by atoms with Crippen LogP contribution in [0.5, 0.6) is 0 Å². The van der Waals surface area contributed by atoms with Gasteiger partial charge in [0.05, 0.1) is 24.4 Å². The third-order valence-corrected chi connectivity index (χ3v) is 7.76. The molecular formula is C31H33NO7S. The van der Waals surface area contributed by atoms with Crippen molar-refractivity contribution in [1.29, 1.82) is 0 Å². The van der Waals surface area contributed by atoms with Crippen molar-refractivity contribution in [3.05, 3.63) is 113 Å². The zero-order valence-corrected chi connectivity index (χ0v) is 23.0. The zero-order chi connectivity index (χ0) is 28.5. The third kappa shape index (κ3) is 7.73. The number of aliphatic hydroxyl groups excluding tert-OH is 1. The molecule has 9 heteroatoms. The number of nitrogens with one attached hydrogen (secondary N) is 1. The van der Waals surface area contributed by atoms with E-state index in [0.717, 1.165) is 27.1 Å². The number of carbonyl (C=O) groups excluding carboxylic acids is 1. The number of alkyl carbamates (subject to hydrolysis) is 1. The van der Waals surface area contributed by atoms with E-state index in [1.165, 1.54) is 6.08 Å². The van der Waals surface area contributed by atoms with Gasteiger partial charge in [-0.15, -0.1) is 11.8 Å². The number of hydrogen-bond acceptors (Lipinski definition) is 7. The molecule has 4 unspecified atom stereocenters. The van der Waals surface area contributed by atoms with Crippen molar-refractivity contribution in [2.24, 2.45) is 5.92 Å². The van der Waals surface area contributed by atoms with Crippen LogP contribution in [0.15, 0.2) is 90.3 Å². The molecule has 4 atom stereocenters. The Balaban J connectivity index is 1.49. The lowest BCUT2D eigenvalue weighted by Crippen LogP contribution is -2.38. The monoisotopic (exact) mass is 563 g/mol. The molecule has 1 aliphatic rings. The molecule has 3 aromatic rings. The van der Waals surface area contributed by atoms with Crippen molar-refractivity contribution < 1.29 is 34.0 Å². The van der Waals surface area contributed by atoms with Gasteiger partial charge in [-0.25, -0.2) is 9.59 Å². The first-order valence-electron chi connectivity index (χ1n) is 12.9. The minimum Gasteiger partial charge on any atom is -0.478 e. The summed E-state index contributed by atoms with van der Waals surface area (Å²) in [6, 6.07) is 22.2. The molecule has 1 amide bonds. The SMILES string of the molecule is C=CCOC(=O)NCc1ccc(C2OC(CSc3ccc(C(=O)O)cc3)C(C)C(c3ccc(CO)cc3)O2)cc1. The first-order valence-corrected chi connectivity index (χ1v) is 13.9. The first kappa shape index (κ1) is 29.4. The topological polar surface area (TPSA) is 114 Å². The summed E-state index contributed by atoms with van der Waals surface area (Å²) in [6.07, 6.45) is -0.0175. The summed E-state index contributed by atoms with van der Waals surface area (Å²) in [5.41, 5.74) is 3.82. The number of benzene rings is 3. The van der Waals surface area contributed by atoms with Crippen molar-refractivity contribution in [2.75, 3.05) is 12.4 Å². The number of thioether (sulfide) groups is 1. The Morgan fingerprint density at radius 2 is 1.62 bits per heavy atom. The number of carbonyl (C=O) groups is 2. The first-order chi connectivity index (χ1) is 19.4. The van der Waals surface area contributed by atoms with Gasteiger partial charge in [0, 0.05) is 28.7 Å². The van der Waals surface area contributed by atoms with E-state index in [-0.39, 0.29) is 36.9 Å². The fourth-order valence-electron chi connectivity index (χ4n) is 4.33. The summed E-state index contributed by atoms with van der Waals surface area (Å²) < 4.78 is 17.9. The average molecular weight is 564 g/mol. The van der Waals surface area contributed by atoms with Crippen molar-refractivity contribution in [3.8, 4) is 0 Å². The van der Waals surface area contributed by atoms with Gasteiger partial charge in [-0.3, -0.25) is 0 Å². The largest absolute Gasteiger partial charge is 0.478 e. The Morgan fingerprint density at radius 3 is 2.25 bits per heavy atom. The Labute approximate surface area is 238 Å². The van der Waals surface area contributed by atoms with Gasteiger partial charge in [-0.05, 0) is 41.0 Å². The summed E-state index contributed by atoms with van der Waals surface area (Å²) >= 11 is 1.60. The van der Waals surface area contributed by atoms with E-state index in [1.807, 2.05) is 48.5 Å². The van der Waals surface area contributed by atoms with Crippen LogP contribution in [0.3, 0.4) is 0 Å². The molecule has 0 aliphatic carbocycles. The van der Waals surface area contributed by atoms with Crippen LogP contribution in [-0.2, 0) is 27.4 Å². The average Bonchev–Trinajstić information content (AvgIpc) is 2.99. The maximum Gasteiger partial charge on any atom is 0.407 e. The lowest BCUT2D eigenvalue weighted by Gasteiger charge is -2.41. The molecule has 0 radical (unpaired) electrons. The van der Waals surface area contributed by atoms with Gasteiger partial charge >= 0.3 is 12.1 Å². The van der Waals surface area contributed by atoms with Crippen LogP contribution in [0.1, 0.15) is 51.9 Å². The molecule has 1 heterocycles. The molecule has 40 heavy (non-hydrogen) atoms. The second kappa shape index (κ2) is 14.1. The highest BCUT2D eigenvalue weighted by Gasteiger charge is 2.38. The van der Waals surface area contributed by atoms with Crippen LogP contribution in [0.4, 0.5) is 4.79 Å². The highest BCUT2D eigenvalue weighted by molar-refractivity contribution is 7.99.